The molecule has 0 saturated heterocycles. The molecule has 1 aromatic carbocycles. The Kier molecular flexibility index (Phi) is 8.73. The molecule has 0 bridgehead atoms. The van der Waals surface area contributed by atoms with Gasteiger partial charge in [-0.1, -0.05) is 45.4 Å². The Morgan fingerprint density at radius 3 is 1.96 bits per heavy atom. The number of halogens is 3. The van der Waals surface area contributed by atoms with Crippen molar-refractivity contribution in [1.29, 1.82) is 0 Å². The van der Waals surface area contributed by atoms with E-state index in [-0.39, 0.29) is 18.4 Å². The molecule has 0 aromatic heterocycles. The zero-order valence-corrected chi connectivity index (χ0v) is 14.1. The van der Waals surface area contributed by atoms with Crippen LogP contribution in [0.5, 0.6) is 0 Å². The number of hydrogen-bond donors (Lipinski definition) is 3. The lowest BCUT2D eigenvalue weighted by Gasteiger charge is -2.26. The lowest BCUT2D eigenvalue weighted by atomic mass is 9.91. The van der Waals surface area contributed by atoms with E-state index in [1.54, 1.807) is 0 Å². The number of aryl methyl sites for hydroxylation is 1. The molecule has 0 amide bonds. The quantitative estimate of drug-likeness (QED) is 0.321. The normalized spacial score (nSPS) is 13.3. The van der Waals surface area contributed by atoms with E-state index >= 15 is 0 Å². The van der Waals surface area contributed by atoms with Gasteiger partial charge in [-0.3, -0.25) is 0 Å². The SMILES string of the molecule is CCCCCCCCC(CCc1cc(F)c(F)c(F)c1)C(O)(O)O. The summed E-state index contributed by atoms with van der Waals surface area (Å²) in [7, 11) is 0. The van der Waals surface area contributed by atoms with Crippen LogP contribution in [-0.2, 0) is 6.42 Å². The standard InChI is InChI=1S/C18H27F3O3/c1-2-3-4-5-6-7-8-14(18(22,23)24)10-9-13-11-15(19)17(21)16(20)12-13/h11-12,14,22-24H,2-10H2,1H3. The molecule has 0 fully saturated rings. The zero-order valence-electron chi connectivity index (χ0n) is 14.1. The first kappa shape index (κ1) is 20.9. The number of hydrogen-bond acceptors (Lipinski definition) is 3. The average molecular weight is 348 g/mol. The van der Waals surface area contributed by atoms with E-state index in [9.17, 15) is 28.5 Å². The fourth-order valence-electron chi connectivity index (χ4n) is 2.80. The fraction of sp³-hybridized carbons (Fsp3) is 0.667. The summed E-state index contributed by atoms with van der Waals surface area (Å²) in [6.07, 6.45) is 6.75. The zero-order chi connectivity index (χ0) is 18.2. The molecule has 0 heterocycles. The van der Waals surface area contributed by atoms with Crippen LogP contribution in [-0.4, -0.2) is 21.3 Å². The summed E-state index contributed by atoms with van der Waals surface area (Å²) in [5, 5.41) is 28.4. The van der Waals surface area contributed by atoms with Crippen LogP contribution >= 0.6 is 0 Å². The van der Waals surface area contributed by atoms with Crippen molar-refractivity contribution in [2.45, 2.75) is 70.7 Å². The van der Waals surface area contributed by atoms with Gasteiger partial charge in [0.1, 0.15) is 0 Å². The molecule has 0 aliphatic carbocycles. The molecule has 24 heavy (non-hydrogen) atoms. The highest BCUT2D eigenvalue weighted by Crippen LogP contribution is 2.26. The summed E-state index contributed by atoms with van der Waals surface area (Å²) in [5.41, 5.74) is 0.212. The van der Waals surface area contributed by atoms with Gasteiger partial charge in [0.15, 0.2) is 17.5 Å². The van der Waals surface area contributed by atoms with E-state index in [1.807, 2.05) is 0 Å². The molecule has 0 aliphatic heterocycles. The van der Waals surface area contributed by atoms with Crippen LogP contribution in [0.4, 0.5) is 13.2 Å². The summed E-state index contributed by atoms with van der Waals surface area (Å²) in [6, 6.07) is 1.77. The molecule has 1 aromatic rings. The first-order valence-electron chi connectivity index (χ1n) is 8.56. The highest BCUT2D eigenvalue weighted by molar-refractivity contribution is 5.19. The van der Waals surface area contributed by atoms with Gasteiger partial charge in [0.05, 0.1) is 0 Å². The largest absolute Gasteiger partial charge is 0.343 e. The van der Waals surface area contributed by atoms with Gasteiger partial charge in [0.2, 0.25) is 0 Å². The third-order valence-corrected chi connectivity index (χ3v) is 4.28. The van der Waals surface area contributed by atoms with Gasteiger partial charge in [-0.15, -0.1) is 0 Å². The highest BCUT2D eigenvalue weighted by atomic mass is 19.2. The summed E-state index contributed by atoms with van der Waals surface area (Å²) in [4.78, 5) is 0. The minimum atomic E-state index is -2.83. The Balaban J connectivity index is 2.52. The molecule has 138 valence electrons. The molecule has 3 nitrogen and oxygen atoms in total. The van der Waals surface area contributed by atoms with E-state index in [0.29, 0.717) is 6.42 Å². The van der Waals surface area contributed by atoms with Crippen LogP contribution in [0.15, 0.2) is 12.1 Å². The molecule has 6 heteroatoms. The lowest BCUT2D eigenvalue weighted by Crippen LogP contribution is -2.37. The van der Waals surface area contributed by atoms with Crippen molar-refractivity contribution in [3.05, 3.63) is 35.1 Å². The van der Waals surface area contributed by atoms with Crippen molar-refractivity contribution in [2.75, 3.05) is 0 Å². The second-order valence-corrected chi connectivity index (χ2v) is 6.35. The summed E-state index contributed by atoms with van der Waals surface area (Å²) in [6.45, 7) is 2.12. The second-order valence-electron chi connectivity index (χ2n) is 6.35. The number of benzene rings is 1. The maximum absolute atomic E-state index is 13.2. The van der Waals surface area contributed by atoms with Gasteiger partial charge in [-0.05, 0) is 37.0 Å². The Morgan fingerprint density at radius 2 is 1.42 bits per heavy atom. The first-order chi connectivity index (χ1) is 11.3. The van der Waals surface area contributed by atoms with Crippen molar-refractivity contribution in [2.24, 2.45) is 5.92 Å². The van der Waals surface area contributed by atoms with Gasteiger partial charge < -0.3 is 15.3 Å². The van der Waals surface area contributed by atoms with Crippen molar-refractivity contribution >= 4 is 0 Å². The molecule has 0 aliphatic rings. The third-order valence-electron chi connectivity index (χ3n) is 4.28. The average Bonchev–Trinajstić information content (AvgIpc) is 2.49. The molecule has 0 radical (unpaired) electrons. The van der Waals surface area contributed by atoms with Crippen LogP contribution in [0.25, 0.3) is 0 Å². The molecular formula is C18H27F3O3. The van der Waals surface area contributed by atoms with Crippen molar-refractivity contribution in [3.8, 4) is 0 Å². The number of unbranched alkanes of at least 4 members (excludes halogenated alkanes) is 5. The summed E-state index contributed by atoms with van der Waals surface area (Å²) < 4.78 is 39.3. The predicted octanol–water partition coefficient (Wildman–Crippen LogP) is 4.03. The van der Waals surface area contributed by atoms with Gasteiger partial charge >= 0.3 is 0 Å². The summed E-state index contributed by atoms with van der Waals surface area (Å²) >= 11 is 0. The molecule has 1 rings (SSSR count). The molecule has 0 spiro atoms. The molecule has 1 atom stereocenters. The number of aliphatic hydroxyl groups is 3. The Bertz CT molecular complexity index is 478. The van der Waals surface area contributed by atoms with E-state index in [0.717, 1.165) is 50.7 Å². The van der Waals surface area contributed by atoms with E-state index in [1.165, 1.54) is 0 Å². The highest BCUT2D eigenvalue weighted by Gasteiger charge is 2.31. The Labute approximate surface area is 141 Å². The fourth-order valence-corrected chi connectivity index (χ4v) is 2.80. The summed E-state index contributed by atoms with van der Waals surface area (Å²) in [5.74, 6) is -7.75. The molecule has 0 saturated carbocycles. The molecule has 3 N–H and O–H groups in total. The van der Waals surface area contributed by atoms with Crippen LogP contribution in [0.3, 0.4) is 0 Å². The number of rotatable bonds is 11. The van der Waals surface area contributed by atoms with Crippen molar-refractivity contribution < 1.29 is 28.5 Å². The van der Waals surface area contributed by atoms with Crippen LogP contribution < -0.4 is 0 Å². The lowest BCUT2D eigenvalue weighted by molar-refractivity contribution is -0.343. The van der Waals surface area contributed by atoms with Gasteiger partial charge in [-0.2, -0.15) is 0 Å². The maximum atomic E-state index is 13.2. The van der Waals surface area contributed by atoms with E-state index < -0.39 is 29.3 Å². The van der Waals surface area contributed by atoms with Gasteiger partial charge in [0, 0.05) is 5.92 Å². The molecule has 1 unspecified atom stereocenters. The van der Waals surface area contributed by atoms with Crippen LogP contribution in [0.2, 0.25) is 0 Å². The molecular weight excluding hydrogens is 321 g/mol. The Morgan fingerprint density at radius 1 is 0.875 bits per heavy atom. The minimum Gasteiger partial charge on any atom is -0.343 e. The van der Waals surface area contributed by atoms with Crippen molar-refractivity contribution in [3.63, 3.8) is 0 Å². The van der Waals surface area contributed by atoms with E-state index in [2.05, 4.69) is 6.92 Å². The van der Waals surface area contributed by atoms with Gasteiger partial charge in [-0.25, -0.2) is 13.2 Å². The van der Waals surface area contributed by atoms with Crippen LogP contribution in [0.1, 0.15) is 63.9 Å². The first-order valence-corrected chi connectivity index (χ1v) is 8.56. The monoisotopic (exact) mass is 348 g/mol. The Hall–Kier alpha value is -1.11. The van der Waals surface area contributed by atoms with Crippen molar-refractivity contribution in [1.82, 2.24) is 0 Å². The second kappa shape index (κ2) is 10.0. The van der Waals surface area contributed by atoms with Gasteiger partial charge in [0.25, 0.3) is 5.97 Å². The third kappa shape index (κ3) is 7.20. The predicted molar refractivity (Wildman–Crippen MR) is 85.5 cm³/mol. The minimum absolute atomic E-state index is 0.109. The smallest absolute Gasteiger partial charge is 0.278 e. The topological polar surface area (TPSA) is 60.7 Å². The van der Waals surface area contributed by atoms with E-state index in [4.69, 9.17) is 0 Å². The maximum Gasteiger partial charge on any atom is 0.278 e. The van der Waals surface area contributed by atoms with Crippen LogP contribution in [0, 0.1) is 23.4 Å².